The molecule has 0 bridgehead atoms. The molecule has 0 saturated carbocycles. The zero-order chi connectivity index (χ0) is 17.5. The molecule has 0 saturated heterocycles. The number of methoxy groups -OCH3 is 1. The molecule has 0 unspecified atom stereocenters. The Kier molecular flexibility index (Phi) is 5.68. The van der Waals surface area contributed by atoms with Crippen LogP contribution in [0.3, 0.4) is 0 Å². The summed E-state index contributed by atoms with van der Waals surface area (Å²) in [6.45, 7) is 1.52. The second kappa shape index (κ2) is 7.92. The second-order valence-corrected chi connectivity index (χ2v) is 5.07. The summed E-state index contributed by atoms with van der Waals surface area (Å²) in [6, 6.07) is 13.5. The summed E-state index contributed by atoms with van der Waals surface area (Å²) >= 11 is 0. The second-order valence-electron chi connectivity index (χ2n) is 5.07. The van der Waals surface area contributed by atoms with E-state index in [1.54, 1.807) is 48.5 Å². The fraction of sp³-hybridized carbons (Fsp3) is 0.167. The van der Waals surface area contributed by atoms with Crippen molar-refractivity contribution in [2.24, 2.45) is 0 Å². The van der Waals surface area contributed by atoms with Crippen LogP contribution in [0.1, 0.15) is 27.6 Å². The van der Waals surface area contributed by atoms with Crippen LogP contribution in [0, 0.1) is 0 Å². The lowest BCUT2D eigenvalue weighted by molar-refractivity contribution is -0.114. The van der Waals surface area contributed by atoms with Gasteiger partial charge in [-0.2, -0.15) is 0 Å². The third-order valence-corrected chi connectivity index (χ3v) is 3.35. The van der Waals surface area contributed by atoms with Crippen LogP contribution in [0.15, 0.2) is 48.5 Å². The van der Waals surface area contributed by atoms with Crippen LogP contribution in [-0.4, -0.2) is 31.3 Å². The summed E-state index contributed by atoms with van der Waals surface area (Å²) in [7, 11) is 1.28. The number of rotatable bonds is 6. The van der Waals surface area contributed by atoms with Crippen LogP contribution in [0.5, 0.6) is 0 Å². The van der Waals surface area contributed by atoms with Gasteiger partial charge in [0.1, 0.15) is 0 Å². The molecule has 2 rings (SSSR count). The Bertz CT molecular complexity index is 754. The van der Waals surface area contributed by atoms with E-state index >= 15 is 0 Å². The Balaban J connectivity index is 1.96. The average molecular weight is 326 g/mol. The summed E-state index contributed by atoms with van der Waals surface area (Å²) in [5, 5.41) is 5.62. The van der Waals surface area contributed by atoms with Crippen molar-refractivity contribution < 1.29 is 19.1 Å². The molecular formula is C18H18N2O4. The van der Waals surface area contributed by atoms with Gasteiger partial charge in [0.25, 0.3) is 0 Å². The molecule has 0 fully saturated rings. The average Bonchev–Trinajstić information content (AvgIpc) is 2.60. The van der Waals surface area contributed by atoms with Gasteiger partial charge >= 0.3 is 5.97 Å². The van der Waals surface area contributed by atoms with E-state index in [1.165, 1.54) is 14.0 Å². The maximum absolute atomic E-state index is 12.0. The number of para-hydroxylation sites is 1. The van der Waals surface area contributed by atoms with Crippen molar-refractivity contribution in [2.75, 3.05) is 24.3 Å². The number of nitrogens with one attached hydrogen (secondary N) is 2. The van der Waals surface area contributed by atoms with E-state index in [0.717, 1.165) is 5.69 Å². The molecule has 2 N–H and O–H groups in total. The summed E-state index contributed by atoms with van der Waals surface area (Å²) < 4.78 is 4.68. The van der Waals surface area contributed by atoms with Crippen molar-refractivity contribution in [3.05, 3.63) is 59.7 Å². The van der Waals surface area contributed by atoms with Gasteiger partial charge < -0.3 is 15.4 Å². The molecular weight excluding hydrogens is 308 g/mol. The number of anilines is 2. The lowest BCUT2D eigenvalue weighted by Crippen LogP contribution is -2.23. The van der Waals surface area contributed by atoms with E-state index in [9.17, 15) is 14.4 Å². The third-order valence-electron chi connectivity index (χ3n) is 3.35. The lowest BCUT2D eigenvalue weighted by atomic mass is 10.1. The Morgan fingerprint density at radius 1 is 1.00 bits per heavy atom. The largest absolute Gasteiger partial charge is 0.465 e. The standard InChI is InChI=1S/C18H18N2O4/c1-12(21)13-7-9-14(10-8-13)19-11-17(22)20-16-6-4-3-5-15(16)18(23)24-2/h3-10,19H,11H2,1-2H3,(H,20,22). The molecule has 24 heavy (non-hydrogen) atoms. The summed E-state index contributed by atoms with van der Waals surface area (Å²) in [6.07, 6.45) is 0. The van der Waals surface area contributed by atoms with Crippen LogP contribution in [0.4, 0.5) is 11.4 Å². The topological polar surface area (TPSA) is 84.5 Å². The minimum Gasteiger partial charge on any atom is -0.465 e. The fourth-order valence-electron chi connectivity index (χ4n) is 2.08. The number of amides is 1. The van der Waals surface area contributed by atoms with Crippen molar-refractivity contribution in [1.82, 2.24) is 0 Å². The number of ketones is 1. The molecule has 0 atom stereocenters. The van der Waals surface area contributed by atoms with E-state index < -0.39 is 5.97 Å². The van der Waals surface area contributed by atoms with Gasteiger partial charge in [-0.1, -0.05) is 12.1 Å². The molecule has 0 aliphatic rings. The van der Waals surface area contributed by atoms with Crippen LogP contribution >= 0.6 is 0 Å². The van der Waals surface area contributed by atoms with Crippen LogP contribution < -0.4 is 10.6 Å². The molecule has 2 aromatic rings. The number of ether oxygens (including phenoxy) is 1. The SMILES string of the molecule is COC(=O)c1ccccc1NC(=O)CNc1ccc(C(C)=O)cc1. The fourth-order valence-corrected chi connectivity index (χ4v) is 2.08. The lowest BCUT2D eigenvalue weighted by Gasteiger charge is -2.11. The van der Waals surface area contributed by atoms with Crippen molar-refractivity contribution in [1.29, 1.82) is 0 Å². The Hall–Kier alpha value is -3.15. The van der Waals surface area contributed by atoms with Crippen molar-refractivity contribution in [2.45, 2.75) is 6.92 Å². The van der Waals surface area contributed by atoms with E-state index in [2.05, 4.69) is 15.4 Å². The highest BCUT2D eigenvalue weighted by molar-refractivity contribution is 6.02. The Morgan fingerprint density at radius 2 is 1.67 bits per heavy atom. The van der Waals surface area contributed by atoms with Gasteiger partial charge in [0.2, 0.25) is 5.91 Å². The van der Waals surface area contributed by atoms with E-state index in [4.69, 9.17) is 0 Å². The first kappa shape index (κ1) is 17.2. The number of hydrogen-bond donors (Lipinski definition) is 2. The summed E-state index contributed by atoms with van der Waals surface area (Å²) in [5.41, 5.74) is 2.01. The number of hydrogen-bond acceptors (Lipinski definition) is 5. The first-order chi connectivity index (χ1) is 11.5. The van der Waals surface area contributed by atoms with Crippen LogP contribution in [0.2, 0.25) is 0 Å². The minimum atomic E-state index is -0.515. The molecule has 0 heterocycles. The summed E-state index contributed by atoms with van der Waals surface area (Å²) in [5.74, 6) is -0.834. The number of benzene rings is 2. The molecule has 124 valence electrons. The van der Waals surface area contributed by atoms with Crippen LogP contribution in [0.25, 0.3) is 0 Å². The Morgan fingerprint density at radius 3 is 2.29 bits per heavy atom. The highest BCUT2D eigenvalue weighted by Crippen LogP contribution is 2.16. The number of carbonyl (C=O) groups is 3. The molecule has 0 aromatic heterocycles. The van der Waals surface area contributed by atoms with E-state index in [1.807, 2.05) is 0 Å². The first-order valence-electron chi connectivity index (χ1n) is 7.33. The molecule has 6 nitrogen and oxygen atoms in total. The zero-order valence-electron chi connectivity index (χ0n) is 13.5. The molecule has 0 spiro atoms. The highest BCUT2D eigenvalue weighted by atomic mass is 16.5. The van der Waals surface area contributed by atoms with E-state index in [0.29, 0.717) is 16.8 Å². The minimum absolute atomic E-state index is 0.0151. The maximum Gasteiger partial charge on any atom is 0.339 e. The van der Waals surface area contributed by atoms with Crippen molar-refractivity contribution >= 4 is 29.0 Å². The predicted octanol–water partition coefficient (Wildman–Crippen LogP) is 2.73. The molecule has 0 aliphatic carbocycles. The first-order valence-corrected chi connectivity index (χ1v) is 7.33. The van der Waals surface area contributed by atoms with Crippen LogP contribution in [-0.2, 0) is 9.53 Å². The maximum atomic E-state index is 12.0. The summed E-state index contributed by atoms with van der Waals surface area (Å²) in [4.78, 5) is 34.9. The molecule has 0 radical (unpaired) electrons. The molecule has 1 amide bonds. The van der Waals surface area contributed by atoms with Gasteiger partial charge in [-0.3, -0.25) is 9.59 Å². The third kappa shape index (κ3) is 4.42. The monoisotopic (exact) mass is 326 g/mol. The number of carbonyl (C=O) groups excluding carboxylic acids is 3. The van der Waals surface area contributed by atoms with Gasteiger partial charge in [0.05, 0.1) is 24.9 Å². The predicted molar refractivity (Wildman–Crippen MR) is 91.3 cm³/mol. The van der Waals surface area contributed by atoms with Crippen molar-refractivity contribution in [3.63, 3.8) is 0 Å². The van der Waals surface area contributed by atoms with Crippen molar-refractivity contribution in [3.8, 4) is 0 Å². The number of Topliss-reactive ketones (excluding diaryl/α,β-unsaturated/α-hetero) is 1. The Labute approximate surface area is 139 Å². The van der Waals surface area contributed by atoms with Gasteiger partial charge in [0, 0.05) is 11.3 Å². The highest BCUT2D eigenvalue weighted by Gasteiger charge is 2.13. The van der Waals surface area contributed by atoms with E-state index in [-0.39, 0.29) is 18.2 Å². The molecule has 6 heteroatoms. The normalized spacial score (nSPS) is 9.92. The van der Waals surface area contributed by atoms with Gasteiger partial charge in [-0.05, 0) is 43.3 Å². The smallest absolute Gasteiger partial charge is 0.339 e. The van der Waals surface area contributed by atoms with Gasteiger partial charge in [-0.15, -0.1) is 0 Å². The number of esters is 1. The molecule has 2 aromatic carbocycles. The van der Waals surface area contributed by atoms with Gasteiger partial charge in [0.15, 0.2) is 5.78 Å². The zero-order valence-corrected chi connectivity index (χ0v) is 13.5. The van der Waals surface area contributed by atoms with Gasteiger partial charge in [-0.25, -0.2) is 4.79 Å². The molecule has 0 aliphatic heterocycles. The quantitative estimate of drug-likeness (QED) is 0.630.